The Bertz CT molecular complexity index is 1000. The first-order valence-corrected chi connectivity index (χ1v) is 11.9. The van der Waals surface area contributed by atoms with Crippen LogP contribution in [0.5, 0.6) is 0 Å². The average Bonchev–Trinajstić information content (AvgIpc) is 3.52. The summed E-state index contributed by atoms with van der Waals surface area (Å²) in [6.07, 6.45) is 14.7. The average molecular weight is 567 g/mol. The van der Waals surface area contributed by atoms with E-state index in [2.05, 4.69) is 72.8 Å². The Morgan fingerprint density at radius 3 is 2.03 bits per heavy atom. The van der Waals surface area contributed by atoms with Crippen molar-refractivity contribution in [2.24, 2.45) is 0 Å². The summed E-state index contributed by atoms with van der Waals surface area (Å²) in [5.74, 6) is 0. The van der Waals surface area contributed by atoms with Gasteiger partial charge in [-0.15, -0.1) is 55.0 Å². The molecule has 3 aromatic rings. The van der Waals surface area contributed by atoms with Crippen molar-refractivity contribution in [3.8, 4) is 11.1 Å². The molecule has 0 radical (unpaired) electrons. The fraction of sp³-hybridized carbons (Fsp3) is 0.0968. The predicted octanol–water partition coefficient (Wildman–Crippen LogP) is 8.70. The van der Waals surface area contributed by atoms with Crippen molar-refractivity contribution in [2.75, 3.05) is 0 Å². The molecule has 0 saturated heterocycles. The van der Waals surface area contributed by atoms with Gasteiger partial charge < -0.3 is 7.43 Å². The number of rotatable bonds is 2. The molecule has 0 unspecified atom stereocenters. The van der Waals surface area contributed by atoms with Gasteiger partial charge in [0.25, 0.3) is 0 Å². The molecule has 0 heterocycles. The van der Waals surface area contributed by atoms with Gasteiger partial charge in [0.15, 0.2) is 0 Å². The molecular weight excluding hydrogens is 534 g/mol. The number of hydrogen-bond donors (Lipinski definition) is 0. The minimum absolute atomic E-state index is 0. The zero-order chi connectivity index (χ0) is 22.5. The molecule has 3 heteroatoms. The van der Waals surface area contributed by atoms with Crippen molar-refractivity contribution in [3.05, 3.63) is 139 Å². The molecule has 0 bridgehead atoms. The van der Waals surface area contributed by atoms with Crippen LogP contribution in [0.15, 0.2) is 86.0 Å². The van der Waals surface area contributed by atoms with Crippen LogP contribution in [0.1, 0.15) is 34.2 Å². The van der Waals surface area contributed by atoms with E-state index in [9.17, 15) is 0 Å². The summed E-state index contributed by atoms with van der Waals surface area (Å²) in [6, 6.07) is 24.9. The third-order valence-corrected chi connectivity index (χ3v) is 4.78. The first-order valence-electron chi connectivity index (χ1n) is 10.1. The van der Waals surface area contributed by atoms with Crippen LogP contribution >= 0.6 is 24.8 Å². The summed E-state index contributed by atoms with van der Waals surface area (Å²) in [7, 11) is 0. The van der Waals surface area contributed by atoms with Gasteiger partial charge in [-0.25, -0.2) is 12.2 Å². The molecule has 0 atom stereocenters. The zero-order valence-corrected chi connectivity index (χ0v) is 24.0. The van der Waals surface area contributed by atoms with E-state index in [1.165, 1.54) is 57.6 Å². The van der Waals surface area contributed by atoms with E-state index < -0.39 is 0 Å². The molecule has 0 nitrogen and oxygen atoms in total. The second-order valence-electron chi connectivity index (χ2n) is 6.91. The van der Waals surface area contributed by atoms with Crippen molar-refractivity contribution in [1.29, 1.82) is 0 Å². The molecule has 0 fully saturated rings. The van der Waals surface area contributed by atoms with Gasteiger partial charge in [0.05, 0.1) is 0 Å². The van der Waals surface area contributed by atoms with E-state index in [-0.39, 0.29) is 32.2 Å². The smallest absolute Gasteiger partial charge is 0.358 e. The number of aryl methyl sites for hydroxylation is 1. The van der Waals surface area contributed by atoms with E-state index >= 15 is 0 Å². The van der Waals surface area contributed by atoms with Gasteiger partial charge in [-0.1, -0.05) is 48.9 Å². The van der Waals surface area contributed by atoms with Crippen molar-refractivity contribution < 1.29 is 24.2 Å². The van der Waals surface area contributed by atoms with Gasteiger partial charge in [-0.2, -0.15) is 65.7 Å². The van der Waals surface area contributed by atoms with E-state index in [0.29, 0.717) is 0 Å². The van der Waals surface area contributed by atoms with Gasteiger partial charge in [-0.3, -0.25) is 6.08 Å². The first kappa shape index (κ1) is 34.1. The van der Waals surface area contributed by atoms with E-state index in [4.69, 9.17) is 0 Å². The number of hydrogen-bond acceptors (Lipinski definition) is 0. The van der Waals surface area contributed by atoms with Gasteiger partial charge in [0, 0.05) is 0 Å². The molecule has 2 aliphatic rings. The van der Waals surface area contributed by atoms with Crippen LogP contribution in [0, 0.1) is 32.6 Å². The molecule has 0 amide bonds. The Morgan fingerprint density at radius 2 is 1.56 bits per heavy atom. The van der Waals surface area contributed by atoms with Gasteiger partial charge >= 0.3 is 28.4 Å². The van der Waals surface area contributed by atoms with Crippen LogP contribution in [0.3, 0.4) is 0 Å². The molecule has 2 aliphatic carbocycles. The predicted molar refractivity (Wildman–Crippen MR) is 153 cm³/mol. The van der Waals surface area contributed by atoms with E-state index in [1.54, 1.807) is 0 Å². The van der Waals surface area contributed by atoms with Crippen LogP contribution in [-0.4, -0.2) is 4.21 Å². The maximum Gasteiger partial charge on any atom is -0.358 e. The SMILES string of the molecule is C=Cc1c[c-]c2c(c1)-c1cc(C=C)ccc1C2.Cc1cc[c-]cc1.Cl.Cl.[C-]1=CC=CC1.[CH2]=[Zr].[CH3-]. The molecule has 34 heavy (non-hydrogen) atoms. The number of benzene rings is 3. The fourth-order valence-electron chi connectivity index (χ4n) is 3.17. The van der Waals surface area contributed by atoms with E-state index in [0.717, 1.165) is 18.4 Å². The Balaban J connectivity index is 0. The topological polar surface area (TPSA) is 0 Å². The molecule has 0 aromatic heterocycles. The Kier molecular flexibility index (Phi) is 19.3. The summed E-state index contributed by atoms with van der Waals surface area (Å²) >= 11 is 1.30. The third kappa shape index (κ3) is 10.5. The van der Waals surface area contributed by atoms with Crippen molar-refractivity contribution in [1.82, 2.24) is 0 Å². The van der Waals surface area contributed by atoms with Gasteiger partial charge in [-0.05, 0) is 12.0 Å². The van der Waals surface area contributed by atoms with Crippen molar-refractivity contribution in [2.45, 2.75) is 19.8 Å². The Labute approximate surface area is 234 Å². The maximum absolute atomic E-state index is 3.82. The number of fused-ring (bicyclic) bond motifs is 3. The standard InChI is InChI=1S/C17H13.C7H7.C5H5.CH3.CH2.2ClH.Zr/c1-3-12-5-7-14-11-15-8-6-13(4-2)10-17(15)16(14)9-12;1-7-5-3-2-4-6-7;1-2-4-5-3-1;;;;;/h3-7,9-10H,1-2,11H2;3-6H,1H3;1-3H,4H2;1H3;1H2;2*1H;/q4*-1;;;;. The monoisotopic (exact) mass is 564 g/mol. The fourth-order valence-corrected chi connectivity index (χ4v) is 3.17. The summed E-state index contributed by atoms with van der Waals surface area (Å²) in [6.45, 7) is 9.70. The summed E-state index contributed by atoms with van der Waals surface area (Å²) in [4.78, 5) is 0. The van der Waals surface area contributed by atoms with Crippen LogP contribution in [0.4, 0.5) is 0 Å². The maximum atomic E-state index is 3.82. The summed E-state index contributed by atoms with van der Waals surface area (Å²) in [5.41, 5.74) is 8.85. The Morgan fingerprint density at radius 1 is 0.912 bits per heavy atom. The molecule has 0 aliphatic heterocycles. The minimum atomic E-state index is 0. The first-order chi connectivity index (χ1) is 15.2. The molecular formula is C31H32Cl2Zr-4. The minimum Gasteiger partial charge on any atom is -0.358 e. The quantitative estimate of drug-likeness (QED) is 0.213. The molecule has 5 rings (SSSR count). The van der Waals surface area contributed by atoms with Gasteiger partial charge in [0.1, 0.15) is 0 Å². The zero-order valence-electron chi connectivity index (χ0n) is 19.9. The number of halogens is 2. The van der Waals surface area contributed by atoms with Crippen LogP contribution in [0.2, 0.25) is 0 Å². The summed E-state index contributed by atoms with van der Waals surface area (Å²) in [5, 5.41) is 0. The second kappa shape index (κ2) is 19.3. The van der Waals surface area contributed by atoms with Crippen LogP contribution in [-0.2, 0) is 30.7 Å². The van der Waals surface area contributed by atoms with Crippen molar-refractivity contribution in [3.63, 3.8) is 0 Å². The summed E-state index contributed by atoms with van der Waals surface area (Å²) < 4.78 is 3.34. The van der Waals surface area contributed by atoms with E-state index in [1.807, 2.05) is 54.6 Å². The molecule has 3 aromatic carbocycles. The Hall–Kier alpha value is -2.05. The second-order valence-corrected chi connectivity index (χ2v) is 6.91. The molecule has 0 spiro atoms. The largest absolute Gasteiger partial charge is 0.358 e. The van der Waals surface area contributed by atoms with Crippen LogP contribution in [0.25, 0.3) is 23.3 Å². The molecule has 0 N–H and O–H groups in total. The number of allylic oxidation sites excluding steroid dienone is 4. The molecule has 0 saturated carbocycles. The third-order valence-electron chi connectivity index (χ3n) is 4.78. The van der Waals surface area contributed by atoms with Crippen molar-refractivity contribution >= 4 is 41.2 Å². The van der Waals surface area contributed by atoms with Gasteiger partial charge in [0.2, 0.25) is 0 Å². The van der Waals surface area contributed by atoms with Crippen LogP contribution < -0.4 is 0 Å². The molecule has 178 valence electrons. The normalized spacial score (nSPS) is 10.4.